The zero-order valence-corrected chi connectivity index (χ0v) is 10.6. The summed E-state index contributed by atoms with van der Waals surface area (Å²) in [5.41, 5.74) is 0. The lowest BCUT2D eigenvalue weighted by atomic mass is 9.74. The maximum atomic E-state index is 11.1. The van der Waals surface area contributed by atoms with Crippen LogP contribution in [0.5, 0.6) is 0 Å². The second kappa shape index (κ2) is 5.27. The van der Waals surface area contributed by atoms with Crippen molar-refractivity contribution in [3.05, 3.63) is 0 Å². The van der Waals surface area contributed by atoms with Gasteiger partial charge in [-0.25, -0.2) is 13.1 Å². The SMILES string of the molecule is CNS(=O)(=O)CCNC1CC(C(C)C)C1. The molecule has 0 aliphatic heterocycles. The highest BCUT2D eigenvalue weighted by Gasteiger charge is 2.30. The third-order valence-corrected chi connectivity index (χ3v) is 4.60. The third kappa shape index (κ3) is 4.09. The van der Waals surface area contributed by atoms with Crippen LogP contribution in [0.3, 0.4) is 0 Å². The highest BCUT2D eigenvalue weighted by atomic mass is 32.2. The molecule has 1 fully saturated rings. The maximum absolute atomic E-state index is 11.1. The van der Waals surface area contributed by atoms with Crippen molar-refractivity contribution in [3.63, 3.8) is 0 Å². The van der Waals surface area contributed by atoms with Crippen LogP contribution in [0.25, 0.3) is 0 Å². The van der Waals surface area contributed by atoms with Crippen LogP contribution in [0.2, 0.25) is 0 Å². The van der Waals surface area contributed by atoms with E-state index in [0.29, 0.717) is 12.6 Å². The summed E-state index contributed by atoms with van der Waals surface area (Å²) < 4.78 is 24.5. The fourth-order valence-electron chi connectivity index (χ4n) is 1.87. The lowest BCUT2D eigenvalue weighted by molar-refractivity contribution is 0.171. The Morgan fingerprint density at radius 1 is 1.33 bits per heavy atom. The minimum Gasteiger partial charge on any atom is -0.313 e. The second-order valence-corrected chi connectivity index (χ2v) is 6.70. The molecule has 0 atom stereocenters. The van der Waals surface area contributed by atoms with E-state index in [-0.39, 0.29) is 5.75 Å². The molecule has 1 rings (SSSR count). The summed E-state index contributed by atoms with van der Waals surface area (Å²) in [5.74, 6) is 1.75. The number of nitrogens with one attached hydrogen (secondary N) is 2. The molecule has 1 saturated carbocycles. The Hall–Kier alpha value is -0.130. The molecular formula is C10H22N2O2S. The van der Waals surface area contributed by atoms with Crippen LogP contribution in [0.4, 0.5) is 0 Å². The monoisotopic (exact) mass is 234 g/mol. The van der Waals surface area contributed by atoms with Crippen molar-refractivity contribution in [2.24, 2.45) is 11.8 Å². The van der Waals surface area contributed by atoms with Crippen molar-refractivity contribution >= 4 is 10.0 Å². The molecule has 5 heteroatoms. The molecule has 0 aromatic heterocycles. The van der Waals surface area contributed by atoms with Crippen LogP contribution in [0.15, 0.2) is 0 Å². The zero-order chi connectivity index (χ0) is 11.5. The van der Waals surface area contributed by atoms with Gasteiger partial charge in [-0.05, 0) is 31.7 Å². The number of hydrogen-bond donors (Lipinski definition) is 2. The fourth-order valence-corrected chi connectivity index (χ4v) is 2.46. The fraction of sp³-hybridized carbons (Fsp3) is 1.00. The Labute approximate surface area is 92.9 Å². The smallest absolute Gasteiger partial charge is 0.212 e. The summed E-state index contributed by atoms with van der Waals surface area (Å²) in [6.07, 6.45) is 2.38. The van der Waals surface area contributed by atoms with Crippen molar-refractivity contribution in [2.75, 3.05) is 19.3 Å². The van der Waals surface area contributed by atoms with Gasteiger partial charge in [0.1, 0.15) is 0 Å². The van der Waals surface area contributed by atoms with Crippen LogP contribution in [0, 0.1) is 11.8 Å². The third-order valence-electron chi connectivity index (χ3n) is 3.23. The molecule has 4 nitrogen and oxygen atoms in total. The first-order valence-electron chi connectivity index (χ1n) is 5.59. The van der Waals surface area contributed by atoms with E-state index in [4.69, 9.17) is 0 Å². The highest BCUT2D eigenvalue weighted by molar-refractivity contribution is 7.89. The summed E-state index contributed by atoms with van der Waals surface area (Å²) in [4.78, 5) is 0. The van der Waals surface area contributed by atoms with Gasteiger partial charge in [-0.2, -0.15) is 0 Å². The van der Waals surface area contributed by atoms with Gasteiger partial charge in [-0.1, -0.05) is 13.8 Å². The molecule has 15 heavy (non-hydrogen) atoms. The summed E-state index contributed by atoms with van der Waals surface area (Å²) in [6.45, 7) is 5.04. The van der Waals surface area contributed by atoms with E-state index >= 15 is 0 Å². The van der Waals surface area contributed by atoms with E-state index in [0.717, 1.165) is 11.8 Å². The van der Waals surface area contributed by atoms with Crippen LogP contribution in [-0.2, 0) is 10.0 Å². The van der Waals surface area contributed by atoms with E-state index in [1.54, 1.807) is 0 Å². The summed E-state index contributed by atoms with van der Waals surface area (Å²) in [7, 11) is -1.59. The average molecular weight is 234 g/mol. The Morgan fingerprint density at radius 3 is 2.40 bits per heavy atom. The van der Waals surface area contributed by atoms with Gasteiger partial charge in [0.15, 0.2) is 0 Å². The van der Waals surface area contributed by atoms with Gasteiger partial charge in [-0.3, -0.25) is 0 Å². The van der Waals surface area contributed by atoms with Crippen LogP contribution >= 0.6 is 0 Å². The topological polar surface area (TPSA) is 58.2 Å². The summed E-state index contributed by atoms with van der Waals surface area (Å²) >= 11 is 0. The Balaban J connectivity index is 2.09. The van der Waals surface area contributed by atoms with Crippen LogP contribution in [0.1, 0.15) is 26.7 Å². The average Bonchev–Trinajstić information content (AvgIpc) is 2.08. The summed E-state index contributed by atoms with van der Waals surface area (Å²) in [5, 5.41) is 3.28. The molecule has 0 heterocycles. The Bertz CT molecular complexity index is 282. The predicted octanol–water partition coefficient (Wildman–Crippen LogP) is 0.560. The molecule has 0 aromatic rings. The number of rotatable bonds is 6. The molecule has 2 N–H and O–H groups in total. The molecule has 0 amide bonds. The largest absolute Gasteiger partial charge is 0.313 e. The van der Waals surface area contributed by atoms with Crippen LogP contribution in [-0.4, -0.2) is 33.8 Å². The molecule has 0 bridgehead atoms. The van der Waals surface area contributed by atoms with Gasteiger partial charge < -0.3 is 5.32 Å². The molecule has 1 aliphatic carbocycles. The number of hydrogen-bond acceptors (Lipinski definition) is 3. The van der Waals surface area contributed by atoms with Crippen molar-refractivity contribution in [3.8, 4) is 0 Å². The van der Waals surface area contributed by atoms with E-state index < -0.39 is 10.0 Å². The molecule has 0 saturated heterocycles. The van der Waals surface area contributed by atoms with Gasteiger partial charge in [0, 0.05) is 12.6 Å². The van der Waals surface area contributed by atoms with Gasteiger partial charge in [0.25, 0.3) is 0 Å². The van der Waals surface area contributed by atoms with Gasteiger partial charge in [0.05, 0.1) is 5.75 Å². The van der Waals surface area contributed by atoms with E-state index in [9.17, 15) is 8.42 Å². The first-order valence-corrected chi connectivity index (χ1v) is 7.24. The minimum atomic E-state index is -3.04. The minimum absolute atomic E-state index is 0.173. The lowest BCUT2D eigenvalue weighted by Gasteiger charge is -2.38. The quantitative estimate of drug-likeness (QED) is 0.706. The Morgan fingerprint density at radius 2 is 1.93 bits per heavy atom. The summed E-state index contributed by atoms with van der Waals surface area (Å²) in [6, 6.07) is 0.532. The normalized spacial score (nSPS) is 26.7. The van der Waals surface area contributed by atoms with Crippen molar-refractivity contribution in [1.82, 2.24) is 10.0 Å². The van der Waals surface area contributed by atoms with E-state index in [2.05, 4.69) is 23.9 Å². The van der Waals surface area contributed by atoms with Crippen molar-refractivity contribution in [2.45, 2.75) is 32.7 Å². The van der Waals surface area contributed by atoms with Crippen molar-refractivity contribution < 1.29 is 8.42 Å². The predicted molar refractivity (Wildman–Crippen MR) is 62.2 cm³/mol. The van der Waals surface area contributed by atoms with Gasteiger partial charge in [-0.15, -0.1) is 0 Å². The molecule has 90 valence electrons. The molecular weight excluding hydrogens is 212 g/mol. The standard InChI is InChI=1S/C10H22N2O2S/c1-8(2)9-6-10(7-9)12-4-5-15(13,14)11-3/h8-12H,4-7H2,1-3H3. The highest BCUT2D eigenvalue weighted by Crippen LogP contribution is 2.33. The van der Waals surface area contributed by atoms with Crippen LogP contribution < -0.4 is 10.0 Å². The molecule has 1 aliphatic rings. The lowest BCUT2D eigenvalue weighted by Crippen LogP contribution is -2.45. The second-order valence-electron chi connectivity index (χ2n) is 4.65. The first kappa shape index (κ1) is 12.9. The number of sulfonamides is 1. The molecule has 0 unspecified atom stereocenters. The van der Waals surface area contributed by atoms with E-state index in [1.165, 1.54) is 19.9 Å². The maximum Gasteiger partial charge on any atom is 0.212 e. The van der Waals surface area contributed by atoms with Gasteiger partial charge in [0.2, 0.25) is 10.0 Å². The first-order chi connectivity index (χ1) is 6.94. The van der Waals surface area contributed by atoms with Gasteiger partial charge >= 0.3 is 0 Å². The zero-order valence-electron chi connectivity index (χ0n) is 9.79. The Kier molecular flexibility index (Phi) is 4.55. The van der Waals surface area contributed by atoms with Crippen molar-refractivity contribution in [1.29, 1.82) is 0 Å². The molecule has 0 radical (unpaired) electrons. The molecule has 0 spiro atoms. The van der Waals surface area contributed by atoms with E-state index in [1.807, 2.05) is 0 Å². The molecule has 0 aromatic carbocycles.